The fourth-order valence-electron chi connectivity index (χ4n) is 3.36. The lowest BCUT2D eigenvalue weighted by molar-refractivity contribution is -0.116. The smallest absolute Gasteiger partial charge is 0.348 e. The summed E-state index contributed by atoms with van der Waals surface area (Å²) in [7, 11) is 2.51. The number of hydrogen-bond donors (Lipinski definition) is 1. The number of carbonyl (C=O) groups excluding carboxylic acids is 3. The summed E-state index contributed by atoms with van der Waals surface area (Å²) in [5, 5.41) is 11.4. The van der Waals surface area contributed by atoms with Gasteiger partial charge in [0.25, 0.3) is 0 Å². The second-order valence-corrected chi connectivity index (χ2v) is 8.49. The molecule has 0 aliphatic carbocycles. The molecule has 0 saturated carbocycles. The molecule has 3 rings (SSSR count). The van der Waals surface area contributed by atoms with Crippen molar-refractivity contribution in [2.75, 3.05) is 57.2 Å². The highest BCUT2D eigenvalue weighted by molar-refractivity contribution is 7.18. The first-order valence-electron chi connectivity index (χ1n) is 9.90. The Hall–Kier alpha value is -2.76. The summed E-state index contributed by atoms with van der Waals surface area (Å²) in [6.45, 7) is 5.25. The van der Waals surface area contributed by atoms with Crippen LogP contribution in [0.25, 0.3) is 0 Å². The summed E-state index contributed by atoms with van der Waals surface area (Å²) in [6, 6.07) is 3.55. The van der Waals surface area contributed by atoms with Crippen molar-refractivity contribution >= 4 is 51.6 Å². The van der Waals surface area contributed by atoms with Crippen LogP contribution in [0.2, 0.25) is 5.15 Å². The van der Waals surface area contributed by atoms with Crippen LogP contribution in [0.1, 0.15) is 32.0 Å². The summed E-state index contributed by atoms with van der Waals surface area (Å²) in [6.07, 6.45) is 0.242. The van der Waals surface area contributed by atoms with E-state index in [0.717, 1.165) is 43.3 Å². The van der Waals surface area contributed by atoms with Crippen molar-refractivity contribution in [1.29, 1.82) is 0 Å². The zero-order valence-electron chi connectivity index (χ0n) is 18.0. The van der Waals surface area contributed by atoms with Crippen LogP contribution in [0.3, 0.4) is 0 Å². The second kappa shape index (κ2) is 10.7. The van der Waals surface area contributed by atoms with Crippen molar-refractivity contribution in [2.24, 2.45) is 0 Å². The average molecular weight is 482 g/mol. The molecular formula is C20H24ClN5O5S. The maximum atomic E-state index is 12.6. The molecule has 0 radical (unpaired) electrons. The summed E-state index contributed by atoms with van der Waals surface area (Å²) >= 11 is 6.79. The van der Waals surface area contributed by atoms with Crippen LogP contribution < -0.4 is 10.2 Å². The molecule has 1 aliphatic heterocycles. The molecule has 1 aliphatic rings. The van der Waals surface area contributed by atoms with Crippen molar-refractivity contribution in [2.45, 2.75) is 13.3 Å². The number of anilines is 2. The quantitative estimate of drug-likeness (QED) is 0.594. The van der Waals surface area contributed by atoms with Gasteiger partial charge >= 0.3 is 11.9 Å². The predicted molar refractivity (Wildman–Crippen MR) is 121 cm³/mol. The molecule has 0 atom stereocenters. The molecule has 172 valence electrons. The van der Waals surface area contributed by atoms with Crippen molar-refractivity contribution < 1.29 is 23.9 Å². The van der Waals surface area contributed by atoms with Gasteiger partial charge in [0.1, 0.15) is 9.88 Å². The van der Waals surface area contributed by atoms with Gasteiger partial charge in [-0.15, -0.1) is 21.5 Å². The summed E-state index contributed by atoms with van der Waals surface area (Å²) in [5.41, 5.74) is 0.592. The van der Waals surface area contributed by atoms with Gasteiger partial charge in [0.2, 0.25) is 5.91 Å². The van der Waals surface area contributed by atoms with E-state index in [0.29, 0.717) is 17.3 Å². The molecule has 1 amide bonds. The van der Waals surface area contributed by atoms with Crippen LogP contribution in [-0.2, 0) is 14.3 Å². The molecule has 3 heterocycles. The first-order valence-corrected chi connectivity index (χ1v) is 11.1. The van der Waals surface area contributed by atoms with E-state index in [1.807, 2.05) is 6.07 Å². The second-order valence-electron chi connectivity index (χ2n) is 7.08. The van der Waals surface area contributed by atoms with Crippen molar-refractivity contribution in [3.05, 3.63) is 33.3 Å². The molecular weight excluding hydrogens is 458 g/mol. The number of thiophene rings is 1. The molecule has 1 fully saturated rings. The van der Waals surface area contributed by atoms with E-state index in [4.69, 9.17) is 21.1 Å². The van der Waals surface area contributed by atoms with Gasteiger partial charge in [0, 0.05) is 39.1 Å². The van der Waals surface area contributed by atoms with Crippen LogP contribution in [0.15, 0.2) is 12.1 Å². The number of hydrogen-bond acceptors (Lipinski definition) is 10. The normalized spacial score (nSPS) is 14.2. The predicted octanol–water partition coefficient (Wildman–Crippen LogP) is 2.22. The number of nitrogens with one attached hydrogen (secondary N) is 1. The largest absolute Gasteiger partial charge is 0.465 e. The summed E-state index contributed by atoms with van der Waals surface area (Å²) in [4.78, 5) is 41.3. The van der Waals surface area contributed by atoms with Crippen LogP contribution in [0, 0.1) is 6.92 Å². The zero-order valence-corrected chi connectivity index (χ0v) is 19.6. The van der Waals surface area contributed by atoms with Gasteiger partial charge in [-0.1, -0.05) is 11.6 Å². The van der Waals surface area contributed by atoms with E-state index < -0.39 is 11.9 Å². The number of ether oxygens (including phenoxy) is 2. The third-order valence-electron chi connectivity index (χ3n) is 5.13. The van der Waals surface area contributed by atoms with Gasteiger partial charge in [-0.25, -0.2) is 9.59 Å². The standard InChI is InChI=1S/C20H24ClN5O5S/c1-12-16(19(28)30-2)18(32-17(12)20(29)31-3)22-15(27)6-7-25-8-10-26(11-9-25)14-5-4-13(21)23-24-14/h4-5H,6-11H2,1-3H3,(H,22,27). The Morgan fingerprint density at radius 3 is 2.38 bits per heavy atom. The molecule has 1 saturated heterocycles. The fraction of sp³-hybridized carbons (Fsp3) is 0.450. The zero-order chi connectivity index (χ0) is 23.3. The van der Waals surface area contributed by atoms with E-state index in [1.54, 1.807) is 13.0 Å². The minimum absolute atomic E-state index is 0.170. The number of methoxy groups -OCH3 is 2. The Balaban J connectivity index is 1.56. The van der Waals surface area contributed by atoms with E-state index in [9.17, 15) is 14.4 Å². The Morgan fingerprint density at radius 1 is 1.09 bits per heavy atom. The van der Waals surface area contributed by atoms with Crippen molar-refractivity contribution in [1.82, 2.24) is 15.1 Å². The number of rotatable bonds is 7. The molecule has 1 N–H and O–H groups in total. The van der Waals surface area contributed by atoms with Crippen LogP contribution >= 0.6 is 22.9 Å². The lowest BCUT2D eigenvalue weighted by Crippen LogP contribution is -2.47. The number of aromatic nitrogens is 2. The van der Waals surface area contributed by atoms with Gasteiger partial charge in [-0.3, -0.25) is 9.69 Å². The number of nitrogens with zero attached hydrogens (tertiary/aromatic N) is 4. The Morgan fingerprint density at radius 2 is 1.78 bits per heavy atom. The van der Waals surface area contributed by atoms with E-state index in [1.165, 1.54) is 14.2 Å². The van der Waals surface area contributed by atoms with Gasteiger partial charge in [-0.2, -0.15) is 0 Å². The van der Waals surface area contributed by atoms with Crippen LogP contribution in [0.4, 0.5) is 10.8 Å². The molecule has 0 unspecified atom stereocenters. The van der Waals surface area contributed by atoms with E-state index >= 15 is 0 Å². The van der Waals surface area contributed by atoms with Gasteiger partial charge in [0.15, 0.2) is 11.0 Å². The maximum absolute atomic E-state index is 12.6. The van der Waals surface area contributed by atoms with Crippen molar-refractivity contribution in [3.63, 3.8) is 0 Å². The van der Waals surface area contributed by atoms with Crippen LogP contribution in [0.5, 0.6) is 0 Å². The lowest BCUT2D eigenvalue weighted by Gasteiger charge is -2.35. The molecule has 0 spiro atoms. The van der Waals surface area contributed by atoms with Crippen LogP contribution in [-0.4, -0.2) is 79.9 Å². The molecule has 0 aromatic carbocycles. The molecule has 0 bridgehead atoms. The Bertz CT molecular complexity index is 989. The Labute approximate surface area is 194 Å². The molecule has 2 aromatic rings. The number of piperazine rings is 1. The molecule has 2 aromatic heterocycles. The highest BCUT2D eigenvalue weighted by Crippen LogP contribution is 2.34. The number of halogens is 1. The number of carbonyl (C=O) groups is 3. The number of amides is 1. The lowest BCUT2D eigenvalue weighted by atomic mass is 10.1. The molecule has 32 heavy (non-hydrogen) atoms. The highest BCUT2D eigenvalue weighted by atomic mass is 35.5. The number of esters is 2. The SMILES string of the molecule is COC(=O)c1sc(NC(=O)CCN2CCN(c3ccc(Cl)nn3)CC2)c(C(=O)OC)c1C. The molecule has 12 heteroatoms. The minimum Gasteiger partial charge on any atom is -0.465 e. The van der Waals surface area contributed by atoms with Gasteiger partial charge in [0.05, 0.1) is 19.8 Å². The van der Waals surface area contributed by atoms with E-state index in [-0.39, 0.29) is 27.8 Å². The first kappa shape index (κ1) is 23.9. The van der Waals surface area contributed by atoms with E-state index in [2.05, 4.69) is 25.3 Å². The molecule has 10 nitrogen and oxygen atoms in total. The topological polar surface area (TPSA) is 114 Å². The average Bonchev–Trinajstić information content (AvgIpc) is 3.13. The summed E-state index contributed by atoms with van der Waals surface area (Å²) < 4.78 is 9.57. The third kappa shape index (κ3) is 5.53. The van der Waals surface area contributed by atoms with Crippen molar-refractivity contribution in [3.8, 4) is 0 Å². The first-order chi connectivity index (χ1) is 15.3. The summed E-state index contributed by atoms with van der Waals surface area (Å²) in [5.74, 6) is -0.664. The monoisotopic (exact) mass is 481 g/mol. The fourth-order valence-corrected chi connectivity index (χ4v) is 4.59. The third-order valence-corrected chi connectivity index (χ3v) is 6.52. The minimum atomic E-state index is -0.620. The van der Waals surface area contributed by atoms with Gasteiger partial charge in [-0.05, 0) is 24.6 Å². The highest BCUT2D eigenvalue weighted by Gasteiger charge is 2.27. The Kier molecular flexibility index (Phi) is 7.99. The maximum Gasteiger partial charge on any atom is 0.348 e. The van der Waals surface area contributed by atoms with Gasteiger partial charge < -0.3 is 19.7 Å².